The first-order chi connectivity index (χ1) is 12.0. The smallest absolute Gasteiger partial charge is 0.191 e. The molecule has 25 heavy (non-hydrogen) atoms. The van der Waals surface area contributed by atoms with E-state index in [2.05, 4.69) is 41.5 Å². The minimum atomic E-state index is 0.588. The lowest BCUT2D eigenvalue weighted by Crippen LogP contribution is -2.40. The van der Waals surface area contributed by atoms with Crippen molar-refractivity contribution in [3.8, 4) is 5.75 Å². The van der Waals surface area contributed by atoms with E-state index in [0.29, 0.717) is 13.2 Å². The van der Waals surface area contributed by atoms with Crippen molar-refractivity contribution >= 4 is 5.96 Å². The molecule has 2 rings (SSSR count). The molecule has 1 aromatic carbocycles. The van der Waals surface area contributed by atoms with Crippen LogP contribution in [0, 0.1) is 20.8 Å². The van der Waals surface area contributed by atoms with Crippen LogP contribution in [0.5, 0.6) is 5.75 Å². The van der Waals surface area contributed by atoms with Gasteiger partial charge in [0.05, 0.1) is 12.2 Å². The van der Waals surface area contributed by atoms with Gasteiger partial charge >= 0.3 is 0 Å². The number of aryl methyl sites for hydroxylation is 3. The van der Waals surface area contributed by atoms with Gasteiger partial charge in [-0.15, -0.1) is 0 Å². The molecule has 0 aliphatic rings. The zero-order valence-electron chi connectivity index (χ0n) is 15.9. The summed E-state index contributed by atoms with van der Waals surface area (Å²) >= 11 is 0. The van der Waals surface area contributed by atoms with Crippen LogP contribution in [-0.2, 0) is 13.5 Å². The summed E-state index contributed by atoms with van der Waals surface area (Å²) in [5.41, 5.74) is 4.84. The molecule has 2 N–H and O–H groups in total. The summed E-state index contributed by atoms with van der Waals surface area (Å²) in [6.07, 6.45) is 0.923. The quantitative estimate of drug-likeness (QED) is 0.459. The molecule has 0 aliphatic carbocycles. The van der Waals surface area contributed by atoms with Gasteiger partial charge in [0.1, 0.15) is 12.4 Å². The van der Waals surface area contributed by atoms with Gasteiger partial charge < -0.3 is 15.4 Å². The Balaban J connectivity index is 1.69. The molecule has 0 atom stereocenters. The Kier molecular flexibility index (Phi) is 6.86. The number of hydrogen-bond donors (Lipinski definition) is 2. The van der Waals surface area contributed by atoms with Gasteiger partial charge in [0.2, 0.25) is 0 Å². The van der Waals surface area contributed by atoms with E-state index in [4.69, 9.17) is 4.74 Å². The summed E-state index contributed by atoms with van der Waals surface area (Å²) in [7, 11) is 3.75. The number of benzene rings is 1. The van der Waals surface area contributed by atoms with Crippen molar-refractivity contribution in [2.45, 2.75) is 27.2 Å². The summed E-state index contributed by atoms with van der Waals surface area (Å²) in [6, 6.07) is 8.07. The van der Waals surface area contributed by atoms with E-state index < -0.39 is 0 Å². The lowest BCUT2D eigenvalue weighted by Gasteiger charge is -2.13. The summed E-state index contributed by atoms with van der Waals surface area (Å²) in [4.78, 5) is 4.24. The molecule has 6 heteroatoms. The maximum Gasteiger partial charge on any atom is 0.191 e. The summed E-state index contributed by atoms with van der Waals surface area (Å²) in [6.45, 7) is 8.31. The molecule has 136 valence electrons. The average Bonchev–Trinajstić information content (AvgIpc) is 2.84. The Hall–Kier alpha value is -2.50. The summed E-state index contributed by atoms with van der Waals surface area (Å²) in [5.74, 6) is 1.67. The van der Waals surface area contributed by atoms with Crippen molar-refractivity contribution in [1.29, 1.82) is 0 Å². The lowest BCUT2D eigenvalue weighted by atomic mass is 10.1. The van der Waals surface area contributed by atoms with E-state index in [1.807, 2.05) is 36.0 Å². The van der Waals surface area contributed by atoms with Crippen LogP contribution in [-0.4, -0.2) is 42.5 Å². The van der Waals surface area contributed by atoms with Crippen molar-refractivity contribution in [2.24, 2.45) is 12.0 Å². The minimum Gasteiger partial charge on any atom is -0.492 e. The van der Waals surface area contributed by atoms with Crippen LogP contribution in [0.4, 0.5) is 0 Å². The maximum absolute atomic E-state index is 5.71. The maximum atomic E-state index is 5.71. The average molecular weight is 343 g/mol. The van der Waals surface area contributed by atoms with E-state index in [1.165, 1.54) is 16.8 Å². The predicted octanol–water partition coefficient (Wildman–Crippen LogP) is 2.13. The van der Waals surface area contributed by atoms with Crippen molar-refractivity contribution in [3.63, 3.8) is 0 Å². The van der Waals surface area contributed by atoms with Gasteiger partial charge in [-0.2, -0.15) is 5.10 Å². The second-order valence-corrected chi connectivity index (χ2v) is 6.11. The molecule has 0 unspecified atom stereocenters. The van der Waals surface area contributed by atoms with Crippen LogP contribution in [0.3, 0.4) is 0 Å². The van der Waals surface area contributed by atoms with Gasteiger partial charge in [0.25, 0.3) is 0 Å². The van der Waals surface area contributed by atoms with Gasteiger partial charge in [0, 0.05) is 26.3 Å². The van der Waals surface area contributed by atoms with Crippen molar-refractivity contribution in [1.82, 2.24) is 20.4 Å². The van der Waals surface area contributed by atoms with E-state index in [-0.39, 0.29) is 0 Å². The van der Waals surface area contributed by atoms with Crippen LogP contribution in [0.15, 0.2) is 29.3 Å². The normalized spacial score (nSPS) is 11.5. The molecule has 0 spiro atoms. The largest absolute Gasteiger partial charge is 0.492 e. The first-order valence-corrected chi connectivity index (χ1v) is 8.64. The molecule has 2 aromatic rings. The monoisotopic (exact) mass is 343 g/mol. The molecule has 0 saturated heterocycles. The van der Waals surface area contributed by atoms with Gasteiger partial charge in [0.15, 0.2) is 5.96 Å². The van der Waals surface area contributed by atoms with Gasteiger partial charge in [-0.3, -0.25) is 9.67 Å². The van der Waals surface area contributed by atoms with Gasteiger partial charge in [-0.05, 0) is 44.9 Å². The Labute approximate surface area is 150 Å². The number of aliphatic imine (C=N–C) groups is 1. The number of hydrogen-bond acceptors (Lipinski definition) is 3. The van der Waals surface area contributed by atoms with Crippen LogP contribution in [0.1, 0.15) is 22.5 Å². The number of aromatic nitrogens is 2. The fraction of sp³-hybridized carbons (Fsp3) is 0.474. The predicted molar refractivity (Wildman–Crippen MR) is 102 cm³/mol. The fourth-order valence-electron chi connectivity index (χ4n) is 2.68. The minimum absolute atomic E-state index is 0.588. The Bertz CT molecular complexity index is 703. The third-order valence-corrected chi connectivity index (χ3v) is 4.23. The lowest BCUT2D eigenvalue weighted by molar-refractivity contribution is 0.322. The van der Waals surface area contributed by atoms with Crippen molar-refractivity contribution < 1.29 is 4.74 Å². The summed E-state index contributed by atoms with van der Waals surface area (Å²) in [5, 5.41) is 11.0. The molecule has 1 heterocycles. The molecular weight excluding hydrogens is 314 g/mol. The second kappa shape index (κ2) is 9.11. The van der Waals surface area contributed by atoms with Crippen LogP contribution in [0.25, 0.3) is 0 Å². The van der Waals surface area contributed by atoms with Crippen LogP contribution < -0.4 is 15.4 Å². The van der Waals surface area contributed by atoms with Crippen molar-refractivity contribution in [3.05, 3.63) is 46.8 Å². The molecule has 0 aliphatic heterocycles. The van der Waals surface area contributed by atoms with Crippen LogP contribution >= 0.6 is 0 Å². The fourth-order valence-corrected chi connectivity index (χ4v) is 2.68. The number of guanidine groups is 1. The highest BCUT2D eigenvalue weighted by molar-refractivity contribution is 5.79. The molecule has 0 amide bonds. The molecule has 0 radical (unpaired) electrons. The Morgan fingerprint density at radius 1 is 1.12 bits per heavy atom. The topological polar surface area (TPSA) is 63.5 Å². The third kappa shape index (κ3) is 5.52. The first-order valence-electron chi connectivity index (χ1n) is 8.64. The second-order valence-electron chi connectivity index (χ2n) is 6.11. The molecule has 0 saturated carbocycles. The zero-order valence-corrected chi connectivity index (χ0v) is 15.9. The molecule has 6 nitrogen and oxygen atoms in total. The highest BCUT2D eigenvalue weighted by Crippen LogP contribution is 2.12. The van der Waals surface area contributed by atoms with E-state index in [1.54, 1.807) is 7.05 Å². The molecule has 0 fully saturated rings. The highest BCUT2D eigenvalue weighted by Gasteiger charge is 2.08. The third-order valence-electron chi connectivity index (χ3n) is 4.23. The zero-order chi connectivity index (χ0) is 18.2. The molecule has 0 bridgehead atoms. The first kappa shape index (κ1) is 18.8. The van der Waals surface area contributed by atoms with Crippen molar-refractivity contribution in [2.75, 3.05) is 26.7 Å². The molecular formula is C19H29N5O. The van der Waals surface area contributed by atoms with Gasteiger partial charge in [-0.1, -0.05) is 17.7 Å². The Morgan fingerprint density at radius 2 is 1.80 bits per heavy atom. The highest BCUT2D eigenvalue weighted by atomic mass is 16.5. The molecule has 1 aromatic heterocycles. The number of nitrogens with one attached hydrogen (secondary N) is 2. The number of nitrogens with zero attached hydrogens (tertiary/aromatic N) is 3. The van der Waals surface area contributed by atoms with Gasteiger partial charge in [-0.25, -0.2) is 0 Å². The Morgan fingerprint density at radius 3 is 2.40 bits per heavy atom. The standard InChI is InChI=1S/C19H29N5O/c1-14-6-8-17(9-7-14)25-13-12-22-19(20-4)21-11-10-18-15(2)23-24(5)16(18)3/h6-9H,10-13H2,1-5H3,(H2,20,21,22). The van der Waals surface area contributed by atoms with E-state index in [0.717, 1.165) is 30.4 Å². The van der Waals surface area contributed by atoms with E-state index in [9.17, 15) is 0 Å². The SMILES string of the molecule is CN=C(NCCOc1ccc(C)cc1)NCCc1c(C)nn(C)c1C. The van der Waals surface area contributed by atoms with Crippen LogP contribution in [0.2, 0.25) is 0 Å². The summed E-state index contributed by atoms with van der Waals surface area (Å²) < 4.78 is 7.64. The van der Waals surface area contributed by atoms with E-state index >= 15 is 0 Å². The number of ether oxygens (including phenoxy) is 1. The number of rotatable bonds is 7.